The summed E-state index contributed by atoms with van der Waals surface area (Å²) in [6.45, 7) is 1.90. The lowest BCUT2D eigenvalue weighted by atomic mass is 10.1. The number of rotatable bonds is 5. The largest absolute Gasteiger partial charge is 0.453 e. The van der Waals surface area contributed by atoms with Gasteiger partial charge in [0.2, 0.25) is 0 Å². The van der Waals surface area contributed by atoms with Crippen LogP contribution in [0.1, 0.15) is 39.5 Å². The molecule has 1 N–H and O–H groups in total. The molecule has 6 heteroatoms. The topological polar surface area (TPSA) is 71.8 Å². The normalized spacial score (nSPS) is 14.0. The lowest BCUT2D eigenvalue weighted by molar-refractivity contribution is 0.0792. The Labute approximate surface area is 140 Å². The zero-order valence-corrected chi connectivity index (χ0v) is 13.6. The molecule has 1 aromatic carbocycles. The molecule has 0 spiro atoms. The molecule has 126 valence electrons. The predicted molar refractivity (Wildman–Crippen MR) is 89.0 cm³/mol. The van der Waals surface area contributed by atoms with Gasteiger partial charge in [-0.1, -0.05) is 6.07 Å². The molecule has 1 aromatic heterocycles. The zero-order valence-electron chi connectivity index (χ0n) is 13.6. The van der Waals surface area contributed by atoms with Gasteiger partial charge in [-0.3, -0.25) is 9.59 Å². The molecule has 24 heavy (non-hydrogen) atoms. The molecule has 2 amide bonds. The lowest BCUT2D eigenvalue weighted by Gasteiger charge is -2.15. The van der Waals surface area contributed by atoms with Crippen LogP contribution in [0.4, 0.5) is 5.69 Å². The number of likely N-dealkylation sites (tertiary alicyclic amines) is 1. The van der Waals surface area contributed by atoms with E-state index in [0.717, 1.165) is 25.9 Å². The number of carbonyl (C=O) groups excluding carboxylic acids is 2. The average molecular weight is 328 g/mol. The van der Waals surface area contributed by atoms with Crippen LogP contribution >= 0.6 is 0 Å². The molecule has 0 bridgehead atoms. The highest BCUT2D eigenvalue weighted by Crippen LogP contribution is 2.17. The maximum atomic E-state index is 12.4. The highest BCUT2D eigenvalue weighted by Gasteiger charge is 2.20. The fourth-order valence-corrected chi connectivity index (χ4v) is 2.75. The summed E-state index contributed by atoms with van der Waals surface area (Å²) in [6, 6.07) is 10.3. The van der Waals surface area contributed by atoms with Crippen LogP contribution in [0, 0.1) is 0 Å². The van der Waals surface area contributed by atoms with Gasteiger partial charge in [0, 0.05) is 31.5 Å². The highest BCUT2D eigenvalue weighted by atomic mass is 16.5. The molecule has 1 aliphatic heterocycles. The fourth-order valence-electron chi connectivity index (χ4n) is 2.75. The van der Waals surface area contributed by atoms with Gasteiger partial charge in [-0.2, -0.15) is 0 Å². The van der Waals surface area contributed by atoms with Crippen LogP contribution in [-0.2, 0) is 11.3 Å². The Bertz CT molecular complexity index is 732. The summed E-state index contributed by atoms with van der Waals surface area (Å²) in [6.07, 6.45) is 2.09. The molecular formula is C18H20N2O4. The van der Waals surface area contributed by atoms with Crippen molar-refractivity contribution >= 4 is 17.5 Å². The zero-order chi connectivity index (χ0) is 16.9. The summed E-state index contributed by atoms with van der Waals surface area (Å²) in [7, 11) is 1.56. The molecule has 3 rings (SSSR count). The van der Waals surface area contributed by atoms with Crippen LogP contribution in [0.3, 0.4) is 0 Å². The van der Waals surface area contributed by atoms with Crippen LogP contribution in [0.2, 0.25) is 0 Å². The molecule has 6 nitrogen and oxygen atoms in total. The van der Waals surface area contributed by atoms with E-state index in [1.807, 2.05) is 4.90 Å². The number of amides is 2. The Morgan fingerprint density at radius 3 is 2.75 bits per heavy atom. The van der Waals surface area contributed by atoms with Gasteiger partial charge in [-0.25, -0.2) is 0 Å². The Hall–Kier alpha value is -2.60. The smallest absolute Gasteiger partial charge is 0.291 e. The van der Waals surface area contributed by atoms with Gasteiger partial charge in [-0.15, -0.1) is 0 Å². The van der Waals surface area contributed by atoms with Crippen LogP contribution in [0.25, 0.3) is 0 Å². The molecule has 0 aliphatic carbocycles. The van der Waals surface area contributed by atoms with Crippen LogP contribution in [0.5, 0.6) is 0 Å². The van der Waals surface area contributed by atoms with E-state index in [1.54, 1.807) is 43.5 Å². The maximum absolute atomic E-state index is 12.4. The molecule has 1 saturated heterocycles. The minimum absolute atomic E-state index is 0.00368. The lowest BCUT2D eigenvalue weighted by Crippen LogP contribution is -2.27. The minimum Gasteiger partial charge on any atom is -0.453 e. The van der Waals surface area contributed by atoms with Crippen molar-refractivity contribution in [1.29, 1.82) is 0 Å². The molecule has 2 heterocycles. The van der Waals surface area contributed by atoms with E-state index in [1.165, 1.54) is 0 Å². The van der Waals surface area contributed by atoms with Crippen molar-refractivity contribution in [3.63, 3.8) is 0 Å². The number of ether oxygens (including phenoxy) is 1. The second-order valence-corrected chi connectivity index (χ2v) is 5.73. The van der Waals surface area contributed by atoms with Crippen molar-refractivity contribution in [3.05, 3.63) is 53.5 Å². The van der Waals surface area contributed by atoms with Crippen molar-refractivity contribution in [2.45, 2.75) is 19.4 Å². The van der Waals surface area contributed by atoms with Gasteiger partial charge in [-0.05, 0) is 43.2 Å². The average Bonchev–Trinajstić information content (AvgIpc) is 3.26. The third-order valence-corrected chi connectivity index (χ3v) is 3.93. The Kier molecular flexibility index (Phi) is 4.96. The van der Waals surface area contributed by atoms with Crippen LogP contribution in [-0.4, -0.2) is 36.9 Å². The molecule has 0 saturated carbocycles. The number of nitrogens with zero attached hydrogens (tertiary/aromatic N) is 1. The number of hydrogen-bond acceptors (Lipinski definition) is 4. The van der Waals surface area contributed by atoms with Gasteiger partial charge in [0.15, 0.2) is 5.76 Å². The summed E-state index contributed by atoms with van der Waals surface area (Å²) in [5, 5.41) is 2.76. The second-order valence-electron chi connectivity index (χ2n) is 5.73. The van der Waals surface area contributed by atoms with Gasteiger partial charge in [0.25, 0.3) is 11.8 Å². The number of anilines is 1. The number of hydrogen-bond donors (Lipinski definition) is 1. The summed E-state index contributed by atoms with van der Waals surface area (Å²) >= 11 is 0. The number of furan rings is 1. The Morgan fingerprint density at radius 2 is 2.00 bits per heavy atom. The van der Waals surface area contributed by atoms with Crippen molar-refractivity contribution in [2.75, 3.05) is 25.5 Å². The molecule has 0 unspecified atom stereocenters. The number of benzene rings is 1. The predicted octanol–water partition coefficient (Wildman–Crippen LogP) is 2.91. The van der Waals surface area contributed by atoms with E-state index in [0.29, 0.717) is 23.6 Å². The molecule has 0 radical (unpaired) electrons. The van der Waals surface area contributed by atoms with Gasteiger partial charge in [0.1, 0.15) is 12.4 Å². The van der Waals surface area contributed by atoms with Crippen molar-refractivity contribution in [1.82, 2.24) is 4.90 Å². The summed E-state index contributed by atoms with van der Waals surface area (Å²) in [5.41, 5.74) is 1.14. The molecule has 1 aliphatic rings. The summed E-state index contributed by atoms with van der Waals surface area (Å²) < 4.78 is 10.4. The van der Waals surface area contributed by atoms with E-state index in [4.69, 9.17) is 9.15 Å². The highest BCUT2D eigenvalue weighted by molar-refractivity contribution is 6.03. The van der Waals surface area contributed by atoms with Crippen molar-refractivity contribution in [3.8, 4) is 0 Å². The van der Waals surface area contributed by atoms with Crippen LogP contribution < -0.4 is 5.32 Å². The second kappa shape index (κ2) is 7.31. The molecule has 1 fully saturated rings. The fraction of sp³-hybridized carbons (Fsp3) is 0.333. The molecule has 0 atom stereocenters. The number of methoxy groups -OCH3 is 1. The van der Waals surface area contributed by atoms with Crippen molar-refractivity contribution < 1.29 is 18.7 Å². The summed E-state index contributed by atoms with van der Waals surface area (Å²) in [4.78, 5) is 26.5. The molecular weight excluding hydrogens is 308 g/mol. The minimum atomic E-state index is -0.358. The first-order chi connectivity index (χ1) is 11.7. The maximum Gasteiger partial charge on any atom is 0.291 e. The van der Waals surface area contributed by atoms with E-state index < -0.39 is 0 Å². The standard InChI is InChI=1S/C18H20N2O4/c1-23-12-15-7-8-16(24-15)17(21)19-14-6-4-5-13(11-14)18(22)20-9-2-3-10-20/h4-8,11H,2-3,9-10,12H2,1H3,(H,19,21). The van der Waals surface area contributed by atoms with E-state index in [2.05, 4.69) is 5.32 Å². The third kappa shape index (κ3) is 3.65. The van der Waals surface area contributed by atoms with Gasteiger partial charge < -0.3 is 19.4 Å². The van der Waals surface area contributed by atoms with E-state index in [-0.39, 0.29) is 17.6 Å². The number of nitrogens with one attached hydrogen (secondary N) is 1. The molecule has 2 aromatic rings. The third-order valence-electron chi connectivity index (χ3n) is 3.93. The van der Waals surface area contributed by atoms with E-state index in [9.17, 15) is 9.59 Å². The number of carbonyl (C=O) groups is 2. The first-order valence-electron chi connectivity index (χ1n) is 7.96. The van der Waals surface area contributed by atoms with E-state index >= 15 is 0 Å². The monoisotopic (exact) mass is 328 g/mol. The first-order valence-corrected chi connectivity index (χ1v) is 7.96. The first kappa shape index (κ1) is 16.3. The summed E-state index contributed by atoms with van der Waals surface area (Å²) in [5.74, 6) is 0.436. The quantitative estimate of drug-likeness (QED) is 0.916. The van der Waals surface area contributed by atoms with Gasteiger partial charge in [0.05, 0.1) is 0 Å². The SMILES string of the molecule is COCc1ccc(C(=O)Nc2cccc(C(=O)N3CCCC3)c2)o1. The van der Waals surface area contributed by atoms with Crippen molar-refractivity contribution in [2.24, 2.45) is 0 Å². The van der Waals surface area contributed by atoms with Crippen LogP contribution in [0.15, 0.2) is 40.8 Å². The van der Waals surface area contributed by atoms with Gasteiger partial charge >= 0.3 is 0 Å². The Morgan fingerprint density at radius 1 is 1.21 bits per heavy atom. The Balaban J connectivity index is 1.69.